The summed E-state index contributed by atoms with van der Waals surface area (Å²) >= 11 is 0. The molecule has 172 valence electrons. The lowest BCUT2D eigenvalue weighted by atomic mass is 9.98. The standard InChI is InChI=1S/C26H34NO4P/c1-2-3-4-6-10-21-13-15-22(16-14-21)24-18-17-23(11-7-5-8-20-32(28,29)30)27-26(24)25-12-9-19-31-25/h9,12-19H,2-8,10-11,20H2,1H3,(H2,28,29,30). The van der Waals surface area contributed by atoms with Crippen LogP contribution >= 0.6 is 7.60 Å². The van der Waals surface area contributed by atoms with Crippen LogP contribution in [0.2, 0.25) is 0 Å². The molecule has 2 heterocycles. The van der Waals surface area contributed by atoms with Crippen molar-refractivity contribution in [1.29, 1.82) is 0 Å². The summed E-state index contributed by atoms with van der Waals surface area (Å²) in [4.78, 5) is 22.9. The number of pyridine rings is 1. The highest BCUT2D eigenvalue weighted by Gasteiger charge is 2.14. The summed E-state index contributed by atoms with van der Waals surface area (Å²) in [6, 6.07) is 16.7. The lowest BCUT2D eigenvalue weighted by molar-refractivity contribution is 0.371. The minimum atomic E-state index is -3.90. The van der Waals surface area contributed by atoms with Crippen molar-refractivity contribution < 1.29 is 18.8 Å². The number of hydrogen-bond donors (Lipinski definition) is 2. The minimum absolute atomic E-state index is 0.0500. The summed E-state index contributed by atoms with van der Waals surface area (Å²) in [6.45, 7) is 2.23. The molecule has 3 aromatic rings. The predicted octanol–water partition coefficient (Wildman–Crippen LogP) is 7.02. The van der Waals surface area contributed by atoms with Gasteiger partial charge in [-0.3, -0.25) is 4.57 Å². The van der Waals surface area contributed by atoms with Crippen LogP contribution in [0, 0.1) is 0 Å². The first-order valence-electron chi connectivity index (χ1n) is 11.6. The molecule has 0 saturated heterocycles. The third-order valence-corrected chi connectivity index (χ3v) is 6.57. The van der Waals surface area contributed by atoms with Crippen molar-refractivity contribution in [3.63, 3.8) is 0 Å². The fourth-order valence-corrected chi connectivity index (χ4v) is 4.52. The van der Waals surface area contributed by atoms with Gasteiger partial charge in [0.15, 0.2) is 5.76 Å². The van der Waals surface area contributed by atoms with Crippen LogP contribution in [0.15, 0.2) is 59.2 Å². The van der Waals surface area contributed by atoms with Crippen molar-refractivity contribution in [3.8, 4) is 22.6 Å². The van der Waals surface area contributed by atoms with E-state index in [1.165, 1.54) is 31.2 Å². The summed E-state index contributed by atoms with van der Waals surface area (Å²) < 4.78 is 16.7. The molecule has 0 aliphatic rings. The third kappa shape index (κ3) is 7.74. The Hall–Kier alpha value is -2.20. The molecule has 0 spiro atoms. The van der Waals surface area contributed by atoms with Crippen molar-refractivity contribution in [2.45, 2.75) is 64.7 Å². The lowest BCUT2D eigenvalue weighted by Crippen LogP contribution is -1.96. The maximum Gasteiger partial charge on any atom is 0.325 e. The van der Waals surface area contributed by atoms with Gasteiger partial charge >= 0.3 is 7.60 Å². The monoisotopic (exact) mass is 455 g/mol. The third-order valence-electron chi connectivity index (χ3n) is 5.67. The van der Waals surface area contributed by atoms with E-state index in [0.717, 1.165) is 54.0 Å². The molecule has 1 aromatic carbocycles. The molecule has 0 atom stereocenters. The molecular weight excluding hydrogens is 421 g/mol. The zero-order chi connectivity index (χ0) is 22.8. The van der Waals surface area contributed by atoms with E-state index in [1.54, 1.807) is 6.26 Å². The highest BCUT2D eigenvalue weighted by Crippen LogP contribution is 2.35. The van der Waals surface area contributed by atoms with Crippen LogP contribution in [0.25, 0.3) is 22.6 Å². The van der Waals surface area contributed by atoms with E-state index in [0.29, 0.717) is 6.42 Å². The molecule has 2 aromatic heterocycles. The molecule has 0 saturated carbocycles. The number of nitrogens with zero attached hydrogens (tertiary/aromatic N) is 1. The van der Waals surface area contributed by atoms with Gasteiger partial charge in [-0.2, -0.15) is 0 Å². The average Bonchev–Trinajstić information content (AvgIpc) is 3.31. The van der Waals surface area contributed by atoms with E-state index < -0.39 is 7.60 Å². The molecule has 0 fully saturated rings. The second-order valence-corrected chi connectivity index (χ2v) is 10.2. The summed E-state index contributed by atoms with van der Waals surface area (Å²) in [6.07, 6.45) is 10.7. The molecule has 0 radical (unpaired) electrons. The average molecular weight is 456 g/mol. The highest BCUT2D eigenvalue weighted by molar-refractivity contribution is 7.51. The van der Waals surface area contributed by atoms with Crippen molar-refractivity contribution in [2.75, 3.05) is 6.16 Å². The van der Waals surface area contributed by atoms with Gasteiger partial charge in [-0.05, 0) is 61.4 Å². The zero-order valence-electron chi connectivity index (χ0n) is 18.9. The Morgan fingerprint density at radius 1 is 0.875 bits per heavy atom. The molecule has 6 heteroatoms. The summed E-state index contributed by atoms with van der Waals surface area (Å²) in [5, 5.41) is 0. The zero-order valence-corrected chi connectivity index (χ0v) is 19.8. The van der Waals surface area contributed by atoms with Crippen LogP contribution in [0.1, 0.15) is 63.1 Å². The Bertz CT molecular complexity index is 993. The van der Waals surface area contributed by atoms with Gasteiger partial charge in [0.2, 0.25) is 0 Å². The number of unbranched alkanes of at least 4 members (excludes halogenated alkanes) is 5. The van der Waals surface area contributed by atoms with E-state index in [4.69, 9.17) is 19.2 Å². The number of aryl methyl sites for hydroxylation is 2. The molecule has 32 heavy (non-hydrogen) atoms. The van der Waals surface area contributed by atoms with Crippen LogP contribution in [0.3, 0.4) is 0 Å². The Morgan fingerprint density at radius 2 is 1.62 bits per heavy atom. The fourth-order valence-electron chi connectivity index (χ4n) is 3.88. The molecule has 3 rings (SSSR count). The second kappa shape index (κ2) is 12.2. The first-order valence-corrected chi connectivity index (χ1v) is 13.4. The number of benzene rings is 1. The largest absolute Gasteiger partial charge is 0.463 e. The van der Waals surface area contributed by atoms with Crippen molar-refractivity contribution >= 4 is 7.60 Å². The van der Waals surface area contributed by atoms with Crippen LogP contribution < -0.4 is 0 Å². The number of furan rings is 1. The fraction of sp³-hybridized carbons (Fsp3) is 0.423. The van der Waals surface area contributed by atoms with Crippen LogP contribution in [-0.2, 0) is 17.4 Å². The quantitative estimate of drug-likeness (QED) is 0.214. The smallest absolute Gasteiger partial charge is 0.325 e. The van der Waals surface area contributed by atoms with Gasteiger partial charge in [0.25, 0.3) is 0 Å². The van der Waals surface area contributed by atoms with Gasteiger partial charge in [0.05, 0.1) is 6.26 Å². The molecule has 0 amide bonds. The molecule has 5 nitrogen and oxygen atoms in total. The van der Waals surface area contributed by atoms with Crippen molar-refractivity contribution in [1.82, 2.24) is 4.98 Å². The van der Waals surface area contributed by atoms with Gasteiger partial charge in [0.1, 0.15) is 5.69 Å². The Kier molecular flexibility index (Phi) is 9.28. The minimum Gasteiger partial charge on any atom is -0.463 e. The van der Waals surface area contributed by atoms with Gasteiger partial charge in [-0.25, -0.2) is 4.98 Å². The van der Waals surface area contributed by atoms with Gasteiger partial charge < -0.3 is 14.2 Å². The number of aromatic nitrogens is 1. The van der Waals surface area contributed by atoms with Gasteiger partial charge in [-0.1, -0.05) is 62.9 Å². The van der Waals surface area contributed by atoms with Crippen LogP contribution in [-0.4, -0.2) is 20.9 Å². The Labute approximate surface area is 191 Å². The Morgan fingerprint density at radius 3 is 2.31 bits per heavy atom. The van der Waals surface area contributed by atoms with E-state index in [2.05, 4.69) is 37.3 Å². The van der Waals surface area contributed by atoms with Crippen LogP contribution in [0.4, 0.5) is 0 Å². The van der Waals surface area contributed by atoms with E-state index in [1.807, 2.05) is 18.2 Å². The number of rotatable bonds is 13. The summed E-state index contributed by atoms with van der Waals surface area (Å²) in [5.74, 6) is 0.743. The first kappa shape index (κ1) is 24.4. The van der Waals surface area contributed by atoms with Crippen molar-refractivity contribution in [2.24, 2.45) is 0 Å². The van der Waals surface area contributed by atoms with E-state index in [9.17, 15) is 4.57 Å². The highest BCUT2D eigenvalue weighted by atomic mass is 31.2. The second-order valence-electron chi connectivity index (χ2n) is 8.38. The summed E-state index contributed by atoms with van der Waals surface area (Å²) in [5.41, 5.74) is 5.32. The van der Waals surface area contributed by atoms with Gasteiger partial charge in [0, 0.05) is 17.4 Å². The molecule has 0 aliphatic heterocycles. The van der Waals surface area contributed by atoms with E-state index in [-0.39, 0.29) is 6.16 Å². The maximum atomic E-state index is 11.0. The maximum absolute atomic E-state index is 11.0. The normalized spacial score (nSPS) is 11.7. The lowest BCUT2D eigenvalue weighted by Gasteiger charge is -2.11. The van der Waals surface area contributed by atoms with Crippen molar-refractivity contribution in [3.05, 3.63) is 66.1 Å². The molecule has 0 bridgehead atoms. The van der Waals surface area contributed by atoms with E-state index >= 15 is 0 Å². The molecule has 0 unspecified atom stereocenters. The Balaban J connectivity index is 1.70. The number of hydrogen-bond acceptors (Lipinski definition) is 3. The summed E-state index contributed by atoms with van der Waals surface area (Å²) in [7, 11) is -3.90. The molecule has 2 N–H and O–H groups in total. The molecular formula is C26H34NO4P. The van der Waals surface area contributed by atoms with Crippen LogP contribution in [0.5, 0.6) is 0 Å². The molecule has 0 aliphatic carbocycles. The predicted molar refractivity (Wildman–Crippen MR) is 130 cm³/mol. The SMILES string of the molecule is CCCCCCc1ccc(-c2ccc(CCCCCP(=O)(O)O)nc2-c2ccco2)cc1. The first-order chi connectivity index (χ1) is 15.5. The topological polar surface area (TPSA) is 83.6 Å². The van der Waals surface area contributed by atoms with Gasteiger partial charge in [-0.15, -0.1) is 0 Å².